The minimum atomic E-state index is 0. The maximum Gasteiger partial charge on any atom is 0.137 e. The molecule has 6 aromatic carbocycles. The second-order valence-corrected chi connectivity index (χ2v) is 15.6. The molecule has 0 atom stereocenters. The minimum absolute atomic E-state index is 0. The molecule has 59 heavy (non-hydrogen) atoms. The molecule has 4 nitrogen and oxygen atoms in total. The fourth-order valence-electron chi connectivity index (χ4n) is 7.37. The Morgan fingerprint density at radius 3 is 1.08 bits per heavy atom. The SMILES string of the molecule is N.O.O=C(CCCc1ccccc1)Cc1ccccc1.c1ccc(CCCCCc2ccccc2)cc1.c1ccc(CCN(CCc2ccccc2)CC2CCC2)cc1. The molecule has 6 aromatic rings. The Bertz CT molecular complexity index is 1780. The van der Waals surface area contributed by atoms with Gasteiger partial charge < -0.3 is 16.5 Å². The fraction of sp³-hybridized carbons (Fsp3) is 0.327. The second-order valence-electron chi connectivity index (χ2n) is 15.6. The first-order chi connectivity index (χ1) is 28.2. The standard InChI is InChI=1S/C21H27N.C17H18O.C17H20.H3N.H2O/c1-3-8-19(9-4-1)14-16-22(18-21-12-7-13-21)17-15-20-10-5-2-6-11-20;18-17(14-16-10-5-2-6-11-16)13-7-12-15-8-3-1-4-9-15;1-4-10-16(11-5-1)14-8-3-9-15-17-12-6-2-7-13-17;;/h1-6,8-11,21H,7,12-18H2;1-6,8-11H,7,12-14H2;1-2,4-7,10-13H,3,8-9,14-15H2;1H3;1H2. The molecule has 0 saturated heterocycles. The van der Waals surface area contributed by atoms with Crippen molar-refractivity contribution in [3.05, 3.63) is 215 Å². The molecule has 0 unspecified atom stereocenters. The third-order valence-electron chi connectivity index (χ3n) is 11.0. The Kier molecular flexibility index (Phi) is 24.5. The molecule has 0 aliphatic heterocycles. The zero-order valence-corrected chi connectivity index (χ0v) is 35.5. The van der Waals surface area contributed by atoms with Gasteiger partial charge in [0.25, 0.3) is 0 Å². The summed E-state index contributed by atoms with van der Waals surface area (Å²) >= 11 is 0. The number of carbonyl (C=O) groups is 1. The number of aryl methyl sites for hydroxylation is 3. The summed E-state index contributed by atoms with van der Waals surface area (Å²) in [5, 5.41) is 0. The third kappa shape index (κ3) is 20.9. The van der Waals surface area contributed by atoms with E-state index in [0.29, 0.717) is 18.6 Å². The lowest BCUT2D eigenvalue weighted by molar-refractivity contribution is -0.118. The van der Waals surface area contributed by atoms with E-state index in [0.717, 1.165) is 24.3 Å². The highest BCUT2D eigenvalue weighted by Gasteiger charge is 2.20. The van der Waals surface area contributed by atoms with E-state index < -0.39 is 0 Å². The van der Waals surface area contributed by atoms with Gasteiger partial charge in [0.2, 0.25) is 0 Å². The van der Waals surface area contributed by atoms with Crippen molar-refractivity contribution in [2.45, 2.75) is 89.9 Å². The number of rotatable bonds is 20. The molecule has 7 rings (SSSR count). The number of unbranched alkanes of at least 4 members (excludes halogenated alkanes) is 2. The van der Waals surface area contributed by atoms with Crippen LogP contribution in [-0.2, 0) is 43.3 Å². The van der Waals surface area contributed by atoms with Crippen molar-refractivity contribution >= 4 is 5.78 Å². The summed E-state index contributed by atoms with van der Waals surface area (Å²) in [4.78, 5) is 14.5. The molecule has 0 heterocycles. The molecule has 1 aliphatic carbocycles. The third-order valence-corrected chi connectivity index (χ3v) is 11.0. The van der Waals surface area contributed by atoms with Gasteiger partial charge in [0.1, 0.15) is 5.78 Å². The fourth-order valence-corrected chi connectivity index (χ4v) is 7.37. The number of carbonyl (C=O) groups excluding carboxylic acids is 1. The van der Waals surface area contributed by atoms with Crippen molar-refractivity contribution in [1.29, 1.82) is 0 Å². The Hall–Kier alpha value is -5.13. The first kappa shape index (κ1) is 48.2. The lowest BCUT2D eigenvalue weighted by Crippen LogP contribution is -2.35. The number of ketones is 1. The summed E-state index contributed by atoms with van der Waals surface area (Å²) in [6.07, 6.45) is 16.2. The summed E-state index contributed by atoms with van der Waals surface area (Å²) < 4.78 is 0. The van der Waals surface area contributed by atoms with Gasteiger partial charge in [-0.1, -0.05) is 195 Å². The monoisotopic (exact) mass is 791 g/mol. The Labute approximate surface area is 356 Å². The van der Waals surface area contributed by atoms with Crippen LogP contribution >= 0.6 is 0 Å². The smallest absolute Gasteiger partial charge is 0.137 e. The van der Waals surface area contributed by atoms with Gasteiger partial charge in [-0.2, -0.15) is 0 Å². The predicted octanol–water partition coefficient (Wildman–Crippen LogP) is 12.4. The summed E-state index contributed by atoms with van der Waals surface area (Å²) in [6.45, 7) is 3.67. The van der Waals surface area contributed by atoms with E-state index in [1.807, 2.05) is 48.5 Å². The van der Waals surface area contributed by atoms with E-state index in [2.05, 4.69) is 138 Å². The van der Waals surface area contributed by atoms with E-state index in [9.17, 15) is 4.79 Å². The predicted molar refractivity (Wildman–Crippen MR) is 251 cm³/mol. The van der Waals surface area contributed by atoms with Crippen molar-refractivity contribution in [3.63, 3.8) is 0 Å². The van der Waals surface area contributed by atoms with E-state index in [1.54, 1.807) is 0 Å². The summed E-state index contributed by atoms with van der Waals surface area (Å²) in [7, 11) is 0. The highest BCUT2D eigenvalue weighted by Crippen LogP contribution is 2.27. The lowest BCUT2D eigenvalue weighted by atomic mass is 9.85. The maximum absolute atomic E-state index is 11.8. The summed E-state index contributed by atoms with van der Waals surface area (Å²) in [5.74, 6) is 1.28. The van der Waals surface area contributed by atoms with Gasteiger partial charge in [-0.25, -0.2) is 0 Å². The van der Waals surface area contributed by atoms with Crippen molar-refractivity contribution in [2.75, 3.05) is 19.6 Å². The van der Waals surface area contributed by atoms with Gasteiger partial charge >= 0.3 is 0 Å². The minimum Gasteiger partial charge on any atom is -0.412 e. The molecule has 0 spiro atoms. The van der Waals surface area contributed by atoms with Crippen molar-refractivity contribution < 1.29 is 10.3 Å². The molecule has 312 valence electrons. The number of hydrogen-bond acceptors (Lipinski definition) is 3. The second kappa shape index (κ2) is 30.0. The Morgan fingerprint density at radius 2 is 0.746 bits per heavy atom. The van der Waals surface area contributed by atoms with Crippen molar-refractivity contribution in [1.82, 2.24) is 11.1 Å². The number of nitrogens with zero attached hydrogens (tertiary/aromatic N) is 1. The van der Waals surface area contributed by atoms with Crippen molar-refractivity contribution in [2.24, 2.45) is 5.92 Å². The van der Waals surface area contributed by atoms with E-state index in [4.69, 9.17) is 0 Å². The van der Waals surface area contributed by atoms with Crippen LogP contribution < -0.4 is 6.15 Å². The molecule has 0 bridgehead atoms. The van der Waals surface area contributed by atoms with Crippen LogP contribution in [0.2, 0.25) is 0 Å². The molecule has 0 aromatic heterocycles. The van der Waals surface area contributed by atoms with Gasteiger partial charge in [0.05, 0.1) is 0 Å². The van der Waals surface area contributed by atoms with E-state index in [-0.39, 0.29) is 11.6 Å². The zero-order valence-electron chi connectivity index (χ0n) is 35.5. The quantitative estimate of drug-likeness (QED) is 0.0781. The molecule has 1 saturated carbocycles. The van der Waals surface area contributed by atoms with Gasteiger partial charge in [-0.3, -0.25) is 4.79 Å². The van der Waals surface area contributed by atoms with Gasteiger partial charge in [-0.05, 0) is 104 Å². The molecular formula is C55H70N2O2. The summed E-state index contributed by atoms with van der Waals surface area (Å²) in [5.41, 5.74) is 8.27. The van der Waals surface area contributed by atoms with Crippen LogP contribution in [0.3, 0.4) is 0 Å². The molecule has 0 radical (unpaired) electrons. The molecular weight excluding hydrogens is 721 g/mol. The molecule has 1 aliphatic rings. The first-order valence-electron chi connectivity index (χ1n) is 21.7. The van der Waals surface area contributed by atoms with Gasteiger partial charge in [-0.15, -0.1) is 0 Å². The lowest BCUT2D eigenvalue weighted by Gasteiger charge is -2.32. The van der Waals surface area contributed by atoms with Crippen molar-refractivity contribution in [3.8, 4) is 0 Å². The van der Waals surface area contributed by atoms with Crippen LogP contribution in [0.1, 0.15) is 84.7 Å². The number of Topliss-reactive ketones (excluding diaryl/α,β-unsaturated/α-hetero) is 1. The Morgan fingerprint density at radius 1 is 0.424 bits per heavy atom. The largest absolute Gasteiger partial charge is 0.412 e. The average Bonchev–Trinajstić information content (AvgIpc) is 3.25. The van der Waals surface area contributed by atoms with Crippen LogP contribution in [0.4, 0.5) is 0 Å². The van der Waals surface area contributed by atoms with Gasteiger partial charge in [0, 0.05) is 32.5 Å². The normalized spacial score (nSPS) is 11.7. The van der Waals surface area contributed by atoms with Crippen LogP contribution in [0.5, 0.6) is 0 Å². The van der Waals surface area contributed by atoms with Gasteiger partial charge in [0.15, 0.2) is 0 Å². The van der Waals surface area contributed by atoms with Crippen LogP contribution in [-0.4, -0.2) is 35.8 Å². The first-order valence-corrected chi connectivity index (χ1v) is 21.7. The Balaban J connectivity index is 0.000000235. The molecule has 0 amide bonds. The maximum atomic E-state index is 11.8. The zero-order chi connectivity index (χ0) is 39.4. The van der Waals surface area contributed by atoms with E-state index >= 15 is 0 Å². The average molecular weight is 791 g/mol. The van der Waals surface area contributed by atoms with Crippen LogP contribution in [0.25, 0.3) is 0 Å². The number of hydrogen-bond donors (Lipinski definition) is 1. The van der Waals surface area contributed by atoms with E-state index in [1.165, 1.54) is 112 Å². The summed E-state index contributed by atoms with van der Waals surface area (Å²) in [6, 6.07) is 63.6. The molecule has 4 heteroatoms. The topological polar surface area (TPSA) is 86.8 Å². The highest BCUT2D eigenvalue weighted by atomic mass is 16.1. The number of benzene rings is 6. The van der Waals surface area contributed by atoms with Crippen LogP contribution in [0.15, 0.2) is 182 Å². The molecule has 1 fully saturated rings. The van der Waals surface area contributed by atoms with Crippen LogP contribution in [0, 0.1) is 5.92 Å². The molecule has 5 N–H and O–H groups in total. The highest BCUT2D eigenvalue weighted by molar-refractivity contribution is 5.80.